The number of aromatic nitrogens is 1. The van der Waals surface area contributed by atoms with Crippen LogP contribution in [0, 0.1) is 0 Å². The summed E-state index contributed by atoms with van der Waals surface area (Å²) in [5.74, 6) is 0.623. The monoisotopic (exact) mass is 393 g/mol. The Morgan fingerprint density at radius 1 is 1.21 bits per heavy atom. The van der Waals surface area contributed by atoms with Crippen molar-refractivity contribution < 1.29 is 9.53 Å². The van der Waals surface area contributed by atoms with Gasteiger partial charge in [0, 0.05) is 36.3 Å². The highest BCUT2D eigenvalue weighted by Crippen LogP contribution is 2.26. The van der Waals surface area contributed by atoms with Gasteiger partial charge in [-0.05, 0) is 36.6 Å². The molecule has 0 bridgehead atoms. The molecule has 3 aromatic rings. The zero-order chi connectivity index (χ0) is 19.2. The number of thiazole rings is 1. The van der Waals surface area contributed by atoms with Gasteiger partial charge in [-0.2, -0.15) is 0 Å². The van der Waals surface area contributed by atoms with Crippen molar-refractivity contribution in [1.82, 2.24) is 10.3 Å². The first kappa shape index (κ1) is 18.5. The lowest BCUT2D eigenvalue weighted by Crippen LogP contribution is -2.40. The standard InChI is InChI=1S/C22H23N3O2S/c26-21(24-15-19-9-5-12-25(19)22-23-11-13-28-22)18-8-4-10-20(14-18)27-16-17-6-2-1-3-7-17/h1-4,6-8,10-11,13-14,19H,5,9,12,15-16H2,(H,24,26). The van der Waals surface area contributed by atoms with Gasteiger partial charge in [0.05, 0.1) is 0 Å². The van der Waals surface area contributed by atoms with E-state index in [2.05, 4.69) is 15.2 Å². The predicted molar refractivity (Wildman–Crippen MR) is 112 cm³/mol. The van der Waals surface area contributed by atoms with Crippen molar-refractivity contribution in [3.05, 3.63) is 77.3 Å². The fourth-order valence-electron chi connectivity index (χ4n) is 3.44. The van der Waals surface area contributed by atoms with Crippen LogP contribution in [-0.4, -0.2) is 30.0 Å². The molecule has 1 unspecified atom stereocenters. The molecular formula is C22H23N3O2S. The minimum absolute atomic E-state index is 0.0730. The Labute approximate surface area is 169 Å². The molecule has 0 aliphatic carbocycles. The highest BCUT2D eigenvalue weighted by atomic mass is 32.1. The first-order valence-corrected chi connectivity index (χ1v) is 10.4. The Balaban J connectivity index is 1.33. The van der Waals surface area contributed by atoms with Crippen molar-refractivity contribution in [1.29, 1.82) is 0 Å². The summed E-state index contributed by atoms with van der Waals surface area (Å²) in [7, 11) is 0. The van der Waals surface area contributed by atoms with Gasteiger partial charge in [0.1, 0.15) is 12.4 Å². The number of nitrogens with one attached hydrogen (secondary N) is 1. The predicted octanol–water partition coefficient (Wildman–Crippen LogP) is 4.12. The number of benzene rings is 2. The molecule has 0 radical (unpaired) electrons. The van der Waals surface area contributed by atoms with Crippen LogP contribution >= 0.6 is 11.3 Å². The van der Waals surface area contributed by atoms with Crippen molar-refractivity contribution in [2.75, 3.05) is 18.0 Å². The van der Waals surface area contributed by atoms with Crippen LogP contribution in [0.25, 0.3) is 0 Å². The normalized spacial score (nSPS) is 16.1. The molecule has 1 atom stereocenters. The van der Waals surface area contributed by atoms with E-state index in [0.717, 1.165) is 30.1 Å². The summed E-state index contributed by atoms with van der Waals surface area (Å²) in [6.45, 7) is 2.10. The molecule has 144 valence electrons. The minimum Gasteiger partial charge on any atom is -0.489 e. The third-order valence-corrected chi connectivity index (χ3v) is 5.69. The first-order chi connectivity index (χ1) is 13.8. The summed E-state index contributed by atoms with van der Waals surface area (Å²) in [6, 6.07) is 17.6. The van der Waals surface area contributed by atoms with Gasteiger partial charge in [-0.1, -0.05) is 36.4 Å². The van der Waals surface area contributed by atoms with E-state index in [-0.39, 0.29) is 5.91 Å². The second kappa shape index (κ2) is 8.89. The second-order valence-corrected chi connectivity index (χ2v) is 7.69. The van der Waals surface area contributed by atoms with Crippen molar-refractivity contribution in [2.24, 2.45) is 0 Å². The zero-order valence-electron chi connectivity index (χ0n) is 15.6. The Bertz CT molecular complexity index is 899. The largest absolute Gasteiger partial charge is 0.489 e. The summed E-state index contributed by atoms with van der Waals surface area (Å²) in [6.07, 6.45) is 4.03. The molecule has 6 heteroatoms. The number of carbonyl (C=O) groups excluding carboxylic acids is 1. The molecule has 0 spiro atoms. The molecule has 1 aliphatic rings. The molecule has 28 heavy (non-hydrogen) atoms. The van der Waals surface area contributed by atoms with Crippen molar-refractivity contribution in [3.8, 4) is 5.75 Å². The Kier molecular flexibility index (Phi) is 5.87. The van der Waals surface area contributed by atoms with E-state index >= 15 is 0 Å². The SMILES string of the molecule is O=C(NCC1CCCN1c1nccs1)c1cccc(OCc2ccccc2)c1. The molecule has 1 aromatic heterocycles. The maximum absolute atomic E-state index is 12.6. The Morgan fingerprint density at radius 3 is 2.93 bits per heavy atom. The van der Waals surface area contributed by atoms with Crippen molar-refractivity contribution >= 4 is 22.4 Å². The van der Waals surface area contributed by atoms with E-state index < -0.39 is 0 Å². The lowest BCUT2D eigenvalue weighted by atomic mass is 10.1. The van der Waals surface area contributed by atoms with Gasteiger partial charge in [-0.15, -0.1) is 11.3 Å². The molecule has 1 saturated heterocycles. The van der Waals surface area contributed by atoms with E-state index in [1.54, 1.807) is 17.4 Å². The molecule has 4 rings (SSSR count). The van der Waals surface area contributed by atoms with E-state index in [9.17, 15) is 4.79 Å². The van der Waals surface area contributed by atoms with Gasteiger partial charge >= 0.3 is 0 Å². The topological polar surface area (TPSA) is 54.5 Å². The van der Waals surface area contributed by atoms with E-state index in [1.807, 2.05) is 60.1 Å². The lowest BCUT2D eigenvalue weighted by molar-refractivity contribution is 0.0951. The number of hydrogen-bond acceptors (Lipinski definition) is 5. The van der Waals surface area contributed by atoms with Crippen LogP contribution in [0.15, 0.2) is 66.2 Å². The van der Waals surface area contributed by atoms with Gasteiger partial charge in [-0.25, -0.2) is 4.98 Å². The summed E-state index contributed by atoms with van der Waals surface area (Å²) in [4.78, 5) is 19.3. The zero-order valence-corrected chi connectivity index (χ0v) is 16.4. The van der Waals surface area contributed by atoms with Crippen LogP contribution in [-0.2, 0) is 6.61 Å². The number of carbonyl (C=O) groups is 1. The highest BCUT2D eigenvalue weighted by Gasteiger charge is 2.26. The molecular weight excluding hydrogens is 370 g/mol. The Morgan fingerprint density at radius 2 is 2.11 bits per heavy atom. The number of amides is 1. The summed E-state index contributed by atoms with van der Waals surface area (Å²) in [5.41, 5.74) is 1.71. The van der Waals surface area contributed by atoms with Crippen LogP contribution < -0.4 is 15.0 Å². The maximum atomic E-state index is 12.6. The van der Waals surface area contributed by atoms with Gasteiger partial charge < -0.3 is 15.0 Å². The molecule has 2 heterocycles. The number of nitrogens with zero attached hydrogens (tertiary/aromatic N) is 2. The molecule has 1 fully saturated rings. The maximum Gasteiger partial charge on any atom is 0.251 e. The van der Waals surface area contributed by atoms with Gasteiger partial charge in [0.15, 0.2) is 5.13 Å². The van der Waals surface area contributed by atoms with Gasteiger partial charge in [-0.3, -0.25) is 4.79 Å². The van der Waals surface area contributed by atoms with Gasteiger partial charge in [0.2, 0.25) is 0 Å². The third-order valence-electron chi connectivity index (χ3n) is 4.88. The first-order valence-electron chi connectivity index (χ1n) is 9.51. The minimum atomic E-state index is -0.0730. The summed E-state index contributed by atoms with van der Waals surface area (Å²) >= 11 is 1.65. The van der Waals surface area contributed by atoms with Crippen LogP contribution in [0.2, 0.25) is 0 Å². The number of rotatable bonds is 7. The number of ether oxygens (including phenoxy) is 1. The van der Waals surface area contributed by atoms with Crippen LogP contribution in [0.1, 0.15) is 28.8 Å². The van der Waals surface area contributed by atoms with E-state index in [0.29, 0.717) is 30.5 Å². The third kappa shape index (κ3) is 4.51. The average molecular weight is 394 g/mol. The second-order valence-electron chi connectivity index (χ2n) is 6.82. The molecule has 0 saturated carbocycles. The molecule has 1 aliphatic heterocycles. The molecule has 1 N–H and O–H groups in total. The molecule has 5 nitrogen and oxygen atoms in total. The van der Waals surface area contributed by atoms with Crippen LogP contribution in [0.3, 0.4) is 0 Å². The molecule has 2 aromatic carbocycles. The highest BCUT2D eigenvalue weighted by molar-refractivity contribution is 7.13. The van der Waals surface area contributed by atoms with Gasteiger partial charge in [0.25, 0.3) is 5.91 Å². The molecule has 1 amide bonds. The summed E-state index contributed by atoms with van der Waals surface area (Å²) in [5, 5.41) is 6.10. The van der Waals surface area contributed by atoms with E-state index in [1.165, 1.54) is 0 Å². The summed E-state index contributed by atoms with van der Waals surface area (Å²) < 4.78 is 5.83. The van der Waals surface area contributed by atoms with Crippen LogP contribution in [0.5, 0.6) is 5.75 Å². The van der Waals surface area contributed by atoms with Crippen molar-refractivity contribution in [2.45, 2.75) is 25.5 Å². The fourth-order valence-corrected chi connectivity index (χ4v) is 4.18. The van der Waals surface area contributed by atoms with E-state index in [4.69, 9.17) is 4.74 Å². The smallest absolute Gasteiger partial charge is 0.251 e. The number of hydrogen-bond donors (Lipinski definition) is 1. The quantitative estimate of drug-likeness (QED) is 0.656. The van der Waals surface area contributed by atoms with Crippen molar-refractivity contribution in [3.63, 3.8) is 0 Å². The van der Waals surface area contributed by atoms with Crippen LogP contribution in [0.4, 0.5) is 5.13 Å². The average Bonchev–Trinajstić information content (AvgIpc) is 3.43. The fraction of sp³-hybridized carbons (Fsp3) is 0.273. The Hall–Kier alpha value is -2.86. The lowest BCUT2D eigenvalue weighted by Gasteiger charge is -2.24. The number of anilines is 1.